The van der Waals surface area contributed by atoms with Crippen molar-refractivity contribution in [3.05, 3.63) is 29.8 Å². The smallest absolute Gasteiger partial charge is 0.119 e. The minimum Gasteiger partial charge on any atom is -0.494 e. The molecule has 1 heterocycles. The Kier molecular flexibility index (Phi) is 12.7. The number of fused-ring (bicyclic) bond motifs is 1. The Morgan fingerprint density at radius 3 is 1.79 bits per heavy atom. The van der Waals surface area contributed by atoms with E-state index in [0.717, 1.165) is 30.6 Å². The van der Waals surface area contributed by atoms with E-state index in [1.165, 1.54) is 121 Å². The molecule has 3 unspecified atom stereocenters. The maximum atomic E-state index is 5.93. The van der Waals surface area contributed by atoms with Crippen molar-refractivity contribution >= 4 is 0 Å². The Bertz CT molecular complexity index is 612. The molecule has 1 aliphatic heterocycles. The van der Waals surface area contributed by atoms with Gasteiger partial charge in [-0.25, -0.2) is 0 Å². The fourth-order valence-corrected chi connectivity index (χ4v) is 6.41. The number of nitrogens with zero attached hydrogens (tertiary/aromatic N) is 1. The molecule has 2 heteroatoms. The minimum absolute atomic E-state index is 0.588. The number of unbranched alkanes of at least 4 members (excludes halogenated alkanes) is 1. The Morgan fingerprint density at radius 2 is 1.24 bits per heavy atom. The van der Waals surface area contributed by atoms with E-state index in [0.29, 0.717) is 6.04 Å². The third-order valence-electron chi connectivity index (χ3n) is 8.36. The number of hydrogen-bond donors (Lipinski definition) is 0. The second-order valence-electron chi connectivity index (χ2n) is 11.1. The quantitative estimate of drug-likeness (QED) is 0.410. The summed E-state index contributed by atoms with van der Waals surface area (Å²) in [7, 11) is 2.37. The largest absolute Gasteiger partial charge is 0.494 e. The molecular weight excluding hydrogens is 402 g/mol. The Balaban J connectivity index is 1.60. The Labute approximate surface area is 205 Å². The van der Waals surface area contributed by atoms with E-state index in [1.54, 1.807) is 0 Å². The average molecular weight is 456 g/mol. The molecule has 2 aliphatic rings. The van der Waals surface area contributed by atoms with Gasteiger partial charge in [0.1, 0.15) is 5.75 Å². The first kappa shape index (κ1) is 26.6. The lowest BCUT2D eigenvalue weighted by atomic mass is 9.80. The second kappa shape index (κ2) is 15.8. The molecular formula is C31H53NO. The summed E-state index contributed by atoms with van der Waals surface area (Å²) in [6, 6.07) is 9.73. The molecule has 3 rings (SSSR count). The van der Waals surface area contributed by atoms with E-state index < -0.39 is 0 Å². The highest BCUT2D eigenvalue weighted by molar-refractivity contribution is 5.30. The van der Waals surface area contributed by atoms with Gasteiger partial charge < -0.3 is 4.74 Å². The molecule has 1 aromatic rings. The standard InChI is InChI=1S/C31H53NO/c1-3-4-25-33-29-23-21-27(22-24-29)31-30-20-18-16-14-12-10-8-6-5-7-9-11-13-15-17-19-28(30)26-32(31)2/h21-24,28,30-31H,3-20,25-26H2,1-2H3. The van der Waals surface area contributed by atoms with Gasteiger partial charge in [0.15, 0.2) is 0 Å². The van der Waals surface area contributed by atoms with Crippen molar-refractivity contribution in [1.82, 2.24) is 4.90 Å². The Hall–Kier alpha value is -1.02. The van der Waals surface area contributed by atoms with Crippen molar-refractivity contribution in [2.75, 3.05) is 20.2 Å². The van der Waals surface area contributed by atoms with Crippen LogP contribution < -0.4 is 4.74 Å². The van der Waals surface area contributed by atoms with Crippen molar-refractivity contribution in [2.24, 2.45) is 11.8 Å². The molecule has 0 amide bonds. The van der Waals surface area contributed by atoms with Crippen LogP contribution in [0, 0.1) is 11.8 Å². The van der Waals surface area contributed by atoms with Crippen LogP contribution in [0.1, 0.15) is 134 Å². The zero-order chi connectivity index (χ0) is 23.1. The van der Waals surface area contributed by atoms with E-state index >= 15 is 0 Å². The number of benzene rings is 1. The van der Waals surface area contributed by atoms with Gasteiger partial charge in [-0.15, -0.1) is 0 Å². The van der Waals surface area contributed by atoms with Crippen LogP contribution in [0.25, 0.3) is 0 Å². The summed E-state index contributed by atoms with van der Waals surface area (Å²) in [5.74, 6) is 2.73. The van der Waals surface area contributed by atoms with E-state index in [2.05, 4.69) is 43.1 Å². The van der Waals surface area contributed by atoms with Gasteiger partial charge >= 0.3 is 0 Å². The van der Waals surface area contributed by atoms with Gasteiger partial charge in [0.25, 0.3) is 0 Å². The maximum Gasteiger partial charge on any atom is 0.119 e. The molecule has 1 saturated heterocycles. The summed E-state index contributed by atoms with van der Waals surface area (Å²) in [5, 5.41) is 0. The first-order chi connectivity index (χ1) is 16.3. The van der Waals surface area contributed by atoms with Crippen LogP contribution in [-0.2, 0) is 0 Å². The summed E-state index contributed by atoms with van der Waals surface area (Å²) >= 11 is 0. The molecule has 0 bridgehead atoms. The lowest BCUT2D eigenvalue weighted by molar-refractivity contribution is 0.256. The topological polar surface area (TPSA) is 12.5 Å². The van der Waals surface area contributed by atoms with E-state index in [1.807, 2.05) is 0 Å². The highest BCUT2D eigenvalue weighted by atomic mass is 16.5. The first-order valence-electron chi connectivity index (χ1n) is 14.7. The maximum absolute atomic E-state index is 5.93. The third-order valence-corrected chi connectivity index (χ3v) is 8.36. The molecule has 33 heavy (non-hydrogen) atoms. The van der Waals surface area contributed by atoms with E-state index in [4.69, 9.17) is 4.74 Å². The van der Waals surface area contributed by atoms with Crippen LogP contribution in [-0.4, -0.2) is 25.1 Å². The predicted molar refractivity (Wildman–Crippen MR) is 143 cm³/mol. The molecule has 2 fully saturated rings. The van der Waals surface area contributed by atoms with Crippen molar-refractivity contribution in [1.29, 1.82) is 0 Å². The Morgan fingerprint density at radius 1 is 0.727 bits per heavy atom. The monoisotopic (exact) mass is 455 g/mol. The number of ether oxygens (including phenoxy) is 1. The van der Waals surface area contributed by atoms with Gasteiger partial charge in [-0.05, 0) is 55.8 Å². The van der Waals surface area contributed by atoms with Gasteiger partial charge in [0.2, 0.25) is 0 Å². The fraction of sp³-hybridized carbons (Fsp3) is 0.806. The van der Waals surface area contributed by atoms with Crippen molar-refractivity contribution in [3.63, 3.8) is 0 Å². The van der Waals surface area contributed by atoms with Crippen LogP contribution in [0.15, 0.2) is 24.3 Å². The van der Waals surface area contributed by atoms with Crippen molar-refractivity contribution in [3.8, 4) is 5.75 Å². The molecule has 2 nitrogen and oxygen atoms in total. The molecule has 0 aromatic heterocycles. The molecule has 0 N–H and O–H groups in total. The number of likely N-dealkylation sites (tertiary alicyclic amines) is 1. The highest BCUT2D eigenvalue weighted by Gasteiger charge is 2.39. The summed E-state index contributed by atoms with van der Waals surface area (Å²) in [5.41, 5.74) is 1.51. The molecule has 1 aromatic carbocycles. The normalized spacial score (nSPS) is 27.4. The summed E-state index contributed by atoms with van der Waals surface area (Å²) in [6.07, 6.45) is 25.5. The van der Waals surface area contributed by atoms with Crippen molar-refractivity contribution in [2.45, 2.75) is 129 Å². The van der Waals surface area contributed by atoms with Crippen LogP contribution in [0.5, 0.6) is 5.75 Å². The third kappa shape index (κ3) is 9.27. The average Bonchev–Trinajstić information content (AvgIpc) is 3.13. The molecule has 1 aliphatic carbocycles. The molecule has 3 atom stereocenters. The lowest BCUT2D eigenvalue weighted by Crippen LogP contribution is -2.21. The highest BCUT2D eigenvalue weighted by Crippen LogP contribution is 2.45. The molecule has 1 saturated carbocycles. The number of hydrogen-bond acceptors (Lipinski definition) is 2. The lowest BCUT2D eigenvalue weighted by Gasteiger charge is -2.27. The van der Waals surface area contributed by atoms with Gasteiger partial charge in [0, 0.05) is 12.6 Å². The van der Waals surface area contributed by atoms with Crippen molar-refractivity contribution < 1.29 is 4.74 Å². The molecule has 0 spiro atoms. The van der Waals surface area contributed by atoms with Crippen LogP contribution >= 0.6 is 0 Å². The van der Waals surface area contributed by atoms with Gasteiger partial charge in [-0.1, -0.05) is 115 Å². The first-order valence-corrected chi connectivity index (χ1v) is 14.7. The molecule has 0 radical (unpaired) electrons. The van der Waals surface area contributed by atoms with Gasteiger partial charge in [0.05, 0.1) is 6.61 Å². The second-order valence-corrected chi connectivity index (χ2v) is 11.1. The van der Waals surface area contributed by atoms with E-state index in [9.17, 15) is 0 Å². The summed E-state index contributed by atoms with van der Waals surface area (Å²) in [6.45, 7) is 4.34. The SMILES string of the molecule is CCCCOc1ccc(C2C3CCCCCCCCCCCCCCCCC3CN2C)cc1. The minimum atomic E-state index is 0.588. The van der Waals surface area contributed by atoms with Gasteiger partial charge in [-0.2, -0.15) is 0 Å². The van der Waals surface area contributed by atoms with E-state index in [-0.39, 0.29) is 0 Å². The number of rotatable bonds is 5. The van der Waals surface area contributed by atoms with Crippen LogP contribution in [0.3, 0.4) is 0 Å². The fourth-order valence-electron chi connectivity index (χ4n) is 6.41. The summed E-state index contributed by atoms with van der Waals surface area (Å²) in [4.78, 5) is 2.67. The summed E-state index contributed by atoms with van der Waals surface area (Å²) < 4.78 is 5.93. The van der Waals surface area contributed by atoms with Crippen LogP contribution in [0.4, 0.5) is 0 Å². The van der Waals surface area contributed by atoms with Gasteiger partial charge in [-0.3, -0.25) is 4.90 Å². The molecule has 188 valence electrons. The predicted octanol–water partition coefficient (Wildman–Crippen LogP) is 9.34. The van der Waals surface area contributed by atoms with Crippen LogP contribution in [0.2, 0.25) is 0 Å². The zero-order valence-corrected chi connectivity index (χ0v) is 22.0. The zero-order valence-electron chi connectivity index (χ0n) is 22.0.